The molecule has 0 saturated heterocycles. The van der Waals surface area contributed by atoms with Gasteiger partial charge in [-0.05, 0) is 60.7 Å². The second-order valence-corrected chi connectivity index (χ2v) is 6.25. The first kappa shape index (κ1) is 19.1. The fourth-order valence-corrected chi connectivity index (χ4v) is 2.90. The van der Waals surface area contributed by atoms with Crippen LogP contribution in [0.1, 0.15) is 19.4 Å². The molecule has 0 aromatic heterocycles. The minimum atomic E-state index is -0.332. The largest absolute Gasteiger partial charge is 0.496 e. The van der Waals surface area contributed by atoms with Crippen molar-refractivity contribution in [2.75, 3.05) is 20.3 Å². The summed E-state index contributed by atoms with van der Waals surface area (Å²) in [7, 11) is 1.68. The van der Waals surface area contributed by atoms with Crippen LogP contribution in [0.5, 0.6) is 17.2 Å². The smallest absolute Gasteiger partial charge is 0.197 e. The molecule has 0 aliphatic rings. The van der Waals surface area contributed by atoms with Crippen molar-refractivity contribution in [2.24, 2.45) is 0 Å². The second kappa shape index (κ2) is 9.28. The van der Waals surface area contributed by atoms with Crippen molar-refractivity contribution in [1.82, 2.24) is 0 Å². The van der Waals surface area contributed by atoms with Crippen LogP contribution in [0.2, 0.25) is 0 Å². The molecule has 0 aliphatic carbocycles. The molecule has 0 N–H and O–H groups in total. The van der Waals surface area contributed by atoms with Crippen LogP contribution in [0.3, 0.4) is 0 Å². The summed E-state index contributed by atoms with van der Waals surface area (Å²) in [6.45, 7) is 4.92. The number of hydrogen-bond donors (Lipinski definition) is 0. The number of aryl methyl sites for hydroxylation is 1. The van der Waals surface area contributed by atoms with Gasteiger partial charge in [-0.15, -0.1) is 0 Å². The Balaban J connectivity index is 1.46. The molecule has 142 valence electrons. The predicted octanol–water partition coefficient (Wildman–Crippen LogP) is 5.23. The Bertz CT molecular complexity index is 858. The molecule has 0 amide bonds. The summed E-state index contributed by atoms with van der Waals surface area (Å²) < 4.78 is 22.6. The van der Waals surface area contributed by atoms with E-state index in [1.165, 1.54) is 5.56 Å². The molecule has 3 aromatic carbocycles. The van der Waals surface area contributed by atoms with Gasteiger partial charge >= 0.3 is 0 Å². The van der Waals surface area contributed by atoms with Gasteiger partial charge in [-0.3, -0.25) is 0 Å². The zero-order chi connectivity index (χ0) is 19.1. The van der Waals surface area contributed by atoms with Gasteiger partial charge in [-0.25, -0.2) is 0 Å². The SMILES string of the molecule is CCc1ccc(OC(C)OCCOc2ccc3c(OC)cccc3c2)cc1. The van der Waals surface area contributed by atoms with Crippen molar-refractivity contribution in [2.45, 2.75) is 26.6 Å². The summed E-state index contributed by atoms with van der Waals surface area (Å²) in [5.41, 5.74) is 1.29. The Hall–Kier alpha value is -2.72. The van der Waals surface area contributed by atoms with Crippen LogP contribution < -0.4 is 14.2 Å². The minimum Gasteiger partial charge on any atom is -0.496 e. The van der Waals surface area contributed by atoms with E-state index in [1.54, 1.807) is 7.11 Å². The quantitative estimate of drug-likeness (QED) is 0.384. The van der Waals surface area contributed by atoms with Gasteiger partial charge in [0.2, 0.25) is 0 Å². The highest BCUT2D eigenvalue weighted by atomic mass is 16.7. The summed E-state index contributed by atoms with van der Waals surface area (Å²) in [5.74, 6) is 2.48. The maximum Gasteiger partial charge on any atom is 0.197 e. The summed E-state index contributed by atoms with van der Waals surface area (Å²) in [6.07, 6.45) is 0.688. The molecule has 1 unspecified atom stereocenters. The fraction of sp³-hybridized carbons (Fsp3) is 0.304. The molecule has 0 bridgehead atoms. The standard InChI is InChI=1S/C23H26O4/c1-4-18-8-10-20(11-9-18)27-17(2)25-14-15-26-21-12-13-22-19(16-21)6-5-7-23(22)24-3/h5-13,16-17H,4,14-15H2,1-3H3. The van der Waals surface area contributed by atoms with Gasteiger partial charge in [-0.1, -0.05) is 31.2 Å². The van der Waals surface area contributed by atoms with Crippen LogP contribution in [-0.4, -0.2) is 26.6 Å². The van der Waals surface area contributed by atoms with Gasteiger partial charge in [0, 0.05) is 5.39 Å². The number of hydrogen-bond acceptors (Lipinski definition) is 4. The molecule has 0 fully saturated rings. The van der Waals surface area contributed by atoms with E-state index in [0.717, 1.165) is 34.4 Å². The number of fused-ring (bicyclic) bond motifs is 1. The van der Waals surface area contributed by atoms with E-state index in [1.807, 2.05) is 55.5 Å². The number of ether oxygens (including phenoxy) is 4. The third-order valence-electron chi connectivity index (χ3n) is 4.37. The van der Waals surface area contributed by atoms with Crippen LogP contribution in [-0.2, 0) is 11.2 Å². The molecule has 3 aromatic rings. The van der Waals surface area contributed by atoms with Crippen molar-refractivity contribution in [3.05, 3.63) is 66.2 Å². The van der Waals surface area contributed by atoms with Crippen LogP contribution in [0.4, 0.5) is 0 Å². The number of rotatable bonds is 9. The van der Waals surface area contributed by atoms with Crippen LogP contribution >= 0.6 is 0 Å². The lowest BCUT2D eigenvalue weighted by Gasteiger charge is -2.16. The molecule has 3 rings (SSSR count). The number of methoxy groups -OCH3 is 1. The van der Waals surface area contributed by atoms with Gasteiger partial charge in [0.15, 0.2) is 6.29 Å². The maximum absolute atomic E-state index is 5.80. The van der Waals surface area contributed by atoms with Gasteiger partial charge in [0.05, 0.1) is 13.7 Å². The van der Waals surface area contributed by atoms with Gasteiger partial charge in [0.1, 0.15) is 23.9 Å². The molecule has 1 atom stereocenters. The maximum atomic E-state index is 5.80. The van der Waals surface area contributed by atoms with E-state index < -0.39 is 0 Å². The van der Waals surface area contributed by atoms with E-state index in [-0.39, 0.29) is 6.29 Å². The molecule has 4 heteroatoms. The summed E-state index contributed by atoms with van der Waals surface area (Å²) in [4.78, 5) is 0. The highest BCUT2D eigenvalue weighted by Gasteiger charge is 2.06. The van der Waals surface area contributed by atoms with E-state index in [0.29, 0.717) is 13.2 Å². The third kappa shape index (κ3) is 5.14. The van der Waals surface area contributed by atoms with E-state index in [4.69, 9.17) is 18.9 Å². The Labute approximate surface area is 160 Å². The molecule has 0 aliphatic heterocycles. The molecule has 0 radical (unpaired) electrons. The molecule has 0 spiro atoms. The Morgan fingerprint density at radius 1 is 0.889 bits per heavy atom. The average molecular weight is 366 g/mol. The number of benzene rings is 3. The van der Waals surface area contributed by atoms with Gasteiger partial charge in [0.25, 0.3) is 0 Å². The molecule has 0 heterocycles. The molecular formula is C23H26O4. The Kier molecular flexibility index (Phi) is 6.55. The van der Waals surface area contributed by atoms with Crippen LogP contribution in [0, 0.1) is 0 Å². The summed E-state index contributed by atoms with van der Waals surface area (Å²) in [5, 5.41) is 2.15. The summed E-state index contributed by atoms with van der Waals surface area (Å²) >= 11 is 0. The monoisotopic (exact) mass is 366 g/mol. The molecule has 4 nitrogen and oxygen atoms in total. The fourth-order valence-electron chi connectivity index (χ4n) is 2.90. The average Bonchev–Trinajstić information content (AvgIpc) is 2.71. The first-order valence-corrected chi connectivity index (χ1v) is 9.26. The first-order valence-electron chi connectivity index (χ1n) is 9.26. The normalized spacial score (nSPS) is 12.0. The van der Waals surface area contributed by atoms with Gasteiger partial charge < -0.3 is 18.9 Å². The summed E-state index contributed by atoms with van der Waals surface area (Å²) in [6, 6.07) is 20.0. The Morgan fingerprint density at radius 3 is 2.41 bits per heavy atom. The van der Waals surface area contributed by atoms with E-state index >= 15 is 0 Å². The van der Waals surface area contributed by atoms with Crippen molar-refractivity contribution in [1.29, 1.82) is 0 Å². The van der Waals surface area contributed by atoms with Crippen LogP contribution in [0.15, 0.2) is 60.7 Å². The van der Waals surface area contributed by atoms with Crippen molar-refractivity contribution >= 4 is 10.8 Å². The van der Waals surface area contributed by atoms with Crippen molar-refractivity contribution in [3.63, 3.8) is 0 Å². The van der Waals surface area contributed by atoms with Gasteiger partial charge in [-0.2, -0.15) is 0 Å². The first-order chi connectivity index (χ1) is 13.2. The lowest BCUT2D eigenvalue weighted by molar-refractivity contribution is -0.0739. The lowest BCUT2D eigenvalue weighted by Crippen LogP contribution is -2.19. The third-order valence-corrected chi connectivity index (χ3v) is 4.37. The Morgan fingerprint density at radius 2 is 1.67 bits per heavy atom. The second-order valence-electron chi connectivity index (χ2n) is 6.25. The van der Waals surface area contributed by atoms with E-state index in [9.17, 15) is 0 Å². The van der Waals surface area contributed by atoms with Crippen LogP contribution in [0.25, 0.3) is 10.8 Å². The van der Waals surface area contributed by atoms with Crippen molar-refractivity contribution in [3.8, 4) is 17.2 Å². The highest BCUT2D eigenvalue weighted by Crippen LogP contribution is 2.28. The van der Waals surface area contributed by atoms with Crippen molar-refractivity contribution < 1.29 is 18.9 Å². The molecular weight excluding hydrogens is 340 g/mol. The molecule has 0 saturated carbocycles. The molecule has 27 heavy (non-hydrogen) atoms. The van der Waals surface area contributed by atoms with E-state index in [2.05, 4.69) is 19.1 Å². The lowest BCUT2D eigenvalue weighted by atomic mass is 10.1. The topological polar surface area (TPSA) is 36.9 Å². The zero-order valence-corrected chi connectivity index (χ0v) is 16.1. The predicted molar refractivity (Wildman–Crippen MR) is 108 cm³/mol. The highest BCUT2D eigenvalue weighted by molar-refractivity contribution is 5.89. The zero-order valence-electron chi connectivity index (χ0n) is 16.1. The minimum absolute atomic E-state index is 0.332.